The molecule has 4 rings (SSSR count). The van der Waals surface area contributed by atoms with Gasteiger partial charge in [-0.1, -0.05) is 18.2 Å². The predicted octanol–water partition coefficient (Wildman–Crippen LogP) is 2.77. The van der Waals surface area contributed by atoms with E-state index in [0.717, 1.165) is 21.0 Å². The van der Waals surface area contributed by atoms with E-state index in [0.29, 0.717) is 11.1 Å². The molecule has 20 heavy (non-hydrogen) atoms. The van der Waals surface area contributed by atoms with Crippen LogP contribution in [0.2, 0.25) is 0 Å². The van der Waals surface area contributed by atoms with Gasteiger partial charge in [-0.3, -0.25) is 14.5 Å². The number of nitrogens with zero attached hydrogens (tertiary/aromatic N) is 1. The third-order valence-corrected chi connectivity index (χ3v) is 5.25. The van der Waals surface area contributed by atoms with Crippen molar-refractivity contribution in [2.75, 3.05) is 4.90 Å². The molecular formula is C15H12N2O2S. The van der Waals surface area contributed by atoms with Crippen molar-refractivity contribution in [1.29, 1.82) is 0 Å². The third-order valence-electron chi connectivity index (χ3n) is 4.04. The highest BCUT2D eigenvalue weighted by Gasteiger charge is 2.44. The van der Waals surface area contributed by atoms with Crippen LogP contribution in [0.1, 0.15) is 42.9 Å². The lowest BCUT2D eigenvalue weighted by atomic mass is 10.1. The minimum Gasteiger partial charge on any atom is -0.327 e. The van der Waals surface area contributed by atoms with Crippen molar-refractivity contribution in [3.05, 3.63) is 51.4 Å². The molecule has 1 unspecified atom stereocenters. The maximum absolute atomic E-state index is 12.6. The van der Waals surface area contributed by atoms with E-state index in [1.807, 2.05) is 38.1 Å². The number of thiophene rings is 1. The second kappa shape index (κ2) is 3.70. The largest absolute Gasteiger partial charge is 0.327 e. The lowest BCUT2D eigenvalue weighted by Crippen LogP contribution is -2.44. The van der Waals surface area contributed by atoms with Crippen LogP contribution in [0.4, 0.5) is 5.00 Å². The number of nitrogens with one attached hydrogen (secondary N) is 1. The predicted molar refractivity (Wildman–Crippen MR) is 77.3 cm³/mol. The van der Waals surface area contributed by atoms with E-state index in [1.165, 1.54) is 11.3 Å². The summed E-state index contributed by atoms with van der Waals surface area (Å²) in [5.41, 5.74) is 3.16. The van der Waals surface area contributed by atoms with Crippen LogP contribution in [-0.2, 0) is 0 Å². The van der Waals surface area contributed by atoms with E-state index in [1.54, 1.807) is 4.90 Å². The average Bonchev–Trinajstić information content (AvgIpc) is 2.88. The molecule has 0 aliphatic carbocycles. The molecule has 1 atom stereocenters. The van der Waals surface area contributed by atoms with Crippen molar-refractivity contribution < 1.29 is 9.59 Å². The Morgan fingerprint density at radius 3 is 2.75 bits per heavy atom. The molecule has 1 N–H and O–H groups in total. The molecule has 2 aliphatic heterocycles. The SMILES string of the molecule is Cc1sc2c(c1C)C(=O)NC1c3ccccc3C(=O)N21. The molecule has 2 aliphatic rings. The summed E-state index contributed by atoms with van der Waals surface area (Å²) in [7, 11) is 0. The topological polar surface area (TPSA) is 49.4 Å². The molecule has 1 aromatic carbocycles. The van der Waals surface area contributed by atoms with Gasteiger partial charge in [-0.2, -0.15) is 0 Å². The Bertz CT molecular complexity index is 778. The fraction of sp³-hybridized carbons (Fsp3) is 0.200. The smallest absolute Gasteiger partial charge is 0.261 e. The van der Waals surface area contributed by atoms with Gasteiger partial charge in [0.05, 0.1) is 5.56 Å². The quantitative estimate of drug-likeness (QED) is 0.808. The molecule has 0 saturated heterocycles. The number of carbonyl (C=O) groups is 2. The van der Waals surface area contributed by atoms with Gasteiger partial charge in [0.15, 0.2) is 0 Å². The number of hydrogen-bond acceptors (Lipinski definition) is 3. The maximum atomic E-state index is 12.6. The lowest BCUT2D eigenvalue weighted by Gasteiger charge is -2.30. The van der Waals surface area contributed by atoms with Crippen molar-refractivity contribution >= 4 is 28.2 Å². The van der Waals surface area contributed by atoms with Crippen LogP contribution in [-0.4, -0.2) is 11.8 Å². The van der Waals surface area contributed by atoms with Crippen LogP contribution in [0.3, 0.4) is 0 Å². The van der Waals surface area contributed by atoms with E-state index in [9.17, 15) is 9.59 Å². The van der Waals surface area contributed by atoms with Gasteiger partial charge in [0.25, 0.3) is 11.8 Å². The third kappa shape index (κ3) is 1.25. The number of aryl methyl sites for hydroxylation is 1. The minimum absolute atomic E-state index is 0.0342. The second-order valence-corrected chi connectivity index (χ2v) is 6.30. The van der Waals surface area contributed by atoms with Crippen LogP contribution in [0, 0.1) is 13.8 Å². The Labute approximate surface area is 120 Å². The summed E-state index contributed by atoms with van der Waals surface area (Å²) >= 11 is 1.52. The molecule has 100 valence electrons. The van der Waals surface area contributed by atoms with E-state index in [2.05, 4.69) is 5.32 Å². The Kier molecular flexibility index (Phi) is 2.16. The molecule has 2 amide bonds. The summed E-state index contributed by atoms with van der Waals surface area (Å²) in [5.74, 6) is -0.124. The Hall–Kier alpha value is -2.14. The molecule has 3 heterocycles. The molecular weight excluding hydrogens is 272 g/mol. The van der Waals surface area contributed by atoms with Crippen molar-refractivity contribution in [1.82, 2.24) is 5.32 Å². The molecule has 0 bridgehead atoms. The van der Waals surface area contributed by atoms with Crippen LogP contribution in [0.5, 0.6) is 0 Å². The maximum Gasteiger partial charge on any atom is 0.261 e. The highest BCUT2D eigenvalue weighted by Crippen LogP contribution is 2.46. The summed E-state index contributed by atoms with van der Waals surface area (Å²) in [6.45, 7) is 3.91. The van der Waals surface area contributed by atoms with Crippen molar-refractivity contribution in [3.63, 3.8) is 0 Å². The van der Waals surface area contributed by atoms with Gasteiger partial charge in [-0.15, -0.1) is 11.3 Å². The first-order chi connectivity index (χ1) is 9.59. The zero-order valence-corrected chi connectivity index (χ0v) is 11.9. The summed E-state index contributed by atoms with van der Waals surface area (Å²) in [5, 5.41) is 3.72. The number of rotatable bonds is 0. The fourth-order valence-electron chi connectivity index (χ4n) is 2.91. The van der Waals surface area contributed by atoms with E-state index >= 15 is 0 Å². The molecule has 4 nitrogen and oxygen atoms in total. The molecule has 2 aromatic rings. The highest BCUT2D eigenvalue weighted by atomic mass is 32.1. The van der Waals surface area contributed by atoms with Crippen LogP contribution >= 0.6 is 11.3 Å². The first-order valence-corrected chi connectivity index (χ1v) is 7.24. The van der Waals surface area contributed by atoms with Gasteiger partial charge >= 0.3 is 0 Å². The monoisotopic (exact) mass is 284 g/mol. The number of fused-ring (bicyclic) bond motifs is 5. The van der Waals surface area contributed by atoms with Gasteiger partial charge in [0.1, 0.15) is 11.2 Å². The minimum atomic E-state index is -0.365. The zero-order valence-electron chi connectivity index (χ0n) is 11.1. The molecule has 5 heteroatoms. The summed E-state index contributed by atoms with van der Waals surface area (Å²) in [6, 6.07) is 7.46. The Morgan fingerprint density at radius 1 is 1.20 bits per heavy atom. The summed E-state index contributed by atoms with van der Waals surface area (Å²) in [6.07, 6.45) is -0.365. The van der Waals surface area contributed by atoms with Crippen LogP contribution in [0.15, 0.2) is 24.3 Å². The summed E-state index contributed by atoms with van der Waals surface area (Å²) < 4.78 is 0. The van der Waals surface area contributed by atoms with Crippen LogP contribution < -0.4 is 10.2 Å². The second-order valence-electron chi connectivity index (χ2n) is 5.10. The lowest BCUT2D eigenvalue weighted by molar-refractivity contribution is 0.0913. The average molecular weight is 284 g/mol. The van der Waals surface area contributed by atoms with Gasteiger partial charge in [-0.05, 0) is 25.5 Å². The first-order valence-electron chi connectivity index (χ1n) is 6.43. The van der Waals surface area contributed by atoms with E-state index in [4.69, 9.17) is 0 Å². The molecule has 0 fully saturated rings. The van der Waals surface area contributed by atoms with Crippen LogP contribution in [0.25, 0.3) is 0 Å². The highest BCUT2D eigenvalue weighted by molar-refractivity contribution is 7.17. The standard InChI is InChI=1S/C15H12N2O2S/c1-7-8(2)20-15-11(7)13(18)16-12-9-5-3-4-6-10(9)14(19)17(12)15/h3-6,12H,1-2H3,(H,16,18). The Morgan fingerprint density at radius 2 is 1.95 bits per heavy atom. The molecule has 0 radical (unpaired) electrons. The molecule has 1 aromatic heterocycles. The van der Waals surface area contributed by atoms with Gasteiger partial charge in [0.2, 0.25) is 0 Å². The van der Waals surface area contributed by atoms with E-state index in [-0.39, 0.29) is 18.0 Å². The summed E-state index contributed by atoms with van der Waals surface area (Å²) in [4.78, 5) is 27.7. The number of anilines is 1. The first kappa shape index (κ1) is 11.7. The fourth-order valence-corrected chi connectivity index (χ4v) is 4.09. The normalized spacial score (nSPS) is 19.5. The Balaban J connectivity index is 1.98. The van der Waals surface area contributed by atoms with Gasteiger partial charge in [-0.25, -0.2) is 0 Å². The van der Waals surface area contributed by atoms with Crippen molar-refractivity contribution in [2.24, 2.45) is 0 Å². The van der Waals surface area contributed by atoms with Gasteiger partial charge in [0, 0.05) is 16.0 Å². The number of benzene rings is 1. The number of amides is 2. The molecule has 0 spiro atoms. The molecule has 0 saturated carbocycles. The van der Waals surface area contributed by atoms with Gasteiger partial charge < -0.3 is 5.32 Å². The van der Waals surface area contributed by atoms with Crippen molar-refractivity contribution in [2.45, 2.75) is 20.0 Å². The number of hydrogen-bond donors (Lipinski definition) is 1. The number of carbonyl (C=O) groups excluding carboxylic acids is 2. The zero-order chi connectivity index (χ0) is 14.0. The van der Waals surface area contributed by atoms with E-state index < -0.39 is 0 Å². The van der Waals surface area contributed by atoms with Crippen molar-refractivity contribution in [3.8, 4) is 0 Å².